The van der Waals surface area contributed by atoms with Crippen molar-refractivity contribution in [2.24, 2.45) is 0 Å². The van der Waals surface area contributed by atoms with E-state index in [1.165, 1.54) is 31.8 Å². The van der Waals surface area contributed by atoms with Gasteiger partial charge in [-0.25, -0.2) is 15.0 Å². The molecule has 8 N–H and O–H groups in total. The van der Waals surface area contributed by atoms with Gasteiger partial charge in [0.25, 0.3) is 0 Å². The van der Waals surface area contributed by atoms with Crippen molar-refractivity contribution in [2.45, 2.75) is 38.9 Å². The number of hydrogen-bond donors (Lipinski definition) is 5. The Morgan fingerprint density at radius 1 is 0.456 bits per heavy atom. The fourth-order valence-corrected chi connectivity index (χ4v) is 10.9. The predicted molar refractivity (Wildman–Crippen MR) is 351 cm³/mol. The molecule has 6 aromatic carbocycles. The molecule has 9 rings (SSSR count). The Morgan fingerprint density at radius 3 is 0.899 bits per heavy atom. The third-order valence-corrected chi connectivity index (χ3v) is 15.0. The van der Waals surface area contributed by atoms with Crippen LogP contribution >= 0.6 is 77.8 Å². The number of aliphatic hydroxyl groups is 2. The zero-order chi connectivity index (χ0) is 58.3. The van der Waals surface area contributed by atoms with Crippen LogP contribution in [0.25, 0.3) is 0 Å². The Bertz CT molecular complexity index is 2830. The number of nitrogen functional groups attached to an aromatic ring is 3. The number of aromatic nitrogens is 3. The third-order valence-electron chi connectivity index (χ3n) is 9.44. The minimum absolute atomic E-state index is 0.106. The summed E-state index contributed by atoms with van der Waals surface area (Å²) >= 11 is 7.94. The summed E-state index contributed by atoms with van der Waals surface area (Å²) < 4.78 is 1.11. The minimum atomic E-state index is -0.971. The van der Waals surface area contributed by atoms with Crippen LogP contribution in [0.2, 0.25) is 0 Å². The molecule has 0 saturated carbocycles. The SMILES string of the molecule is C#CC(C)(C)O.C#Cc1ccc(N)nc1.CC(C)(O)C#Cc1ccc(N)nc1.Nc1ccc(I)cn1.[Cl][Pd][Cl].[Cu][I].c1ccc(P(c2ccccc2)c2ccccc2)cc1.c1ccc(P(c2ccccc2)c2ccccc2)cc1. The van der Waals surface area contributed by atoms with Gasteiger partial charge >= 0.3 is 68.1 Å². The Labute approximate surface area is 519 Å². The molecule has 9 aromatic rings. The summed E-state index contributed by atoms with van der Waals surface area (Å²) in [6, 6.07) is 75.2. The van der Waals surface area contributed by atoms with E-state index < -0.39 is 27.0 Å². The molecule has 0 unspecified atom stereocenters. The van der Waals surface area contributed by atoms with Gasteiger partial charge in [-0.3, -0.25) is 0 Å². The van der Waals surface area contributed by atoms with Gasteiger partial charge in [0, 0.05) is 33.3 Å². The number of pyridine rings is 3. The molecule has 0 saturated heterocycles. The van der Waals surface area contributed by atoms with E-state index in [0.29, 0.717) is 17.5 Å². The molecule has 0 aliphatic carbocycles. The van der Waals surface area contributed by atoms with Crippen molar-refractivity contribution in [1.29, 1.82) is 0 Å². The summed E-state index contributed by atoms with van der Waals surface area (Å²) in [5, 5.41) is 26.3. The third kappa shape index (κ3) is 31.4. The molecule has 0 atom stereocenters. The number of nitrogens with zero attached hydrogens (tertiary/aromatic N) is 3. The normalized spacial score (nSPS) is 9.82. The van der Waals surface area contributed by atoms with Crippen molar-refractivity contribution >= 4 is 127 Å². The molecule has 3 heterocycles. The largest absolute Gasteiger partial charge is 0.0622 e. The van der Waals surface area contributed by atoms with Crippen LogP contribution < -0.4 is 49.0 Å². The molecule has 0 spiro atoms. The monoisotopic (exact) mass is 1490 g/mol. The summed E-state index contributed by atoms with van der Waals surface area (Å²) in [7, 11) is 8.74. The van der Waals surface area contributed by atoms with Crippen LogP contribution in [0.3, 0.4) is 0 Å². The van der Waals surface area contributed by atoms with Gasteiger partial charge in [0.1, 0.15) is 28.7 Å². The smallest absolute Gasteiger partial charge is 0.0134 e. The molecule has 414 valence electrons. The zero-order valence-corrected chi connectivity index (χ0v) is 53.8. The average Bonchev–Trinajstić information content (AvgIpc) is 3.49. The fourth-order valence-electron chi connectivity index (χ4n) is 5.94. The van der Waals surface area contributed by atoms with Gasteiger partial charge in [-0.05, 0) is 134 Å². The van der Waals surface area contributed by atoms with E-state index >= 15 is 0 Å². The van der Waals surface area contributed by atoms with Gasteiger partial charge in [-0.2, -0.15) is 0 Å². The van der Waals surface area contributed by atoms with Gasteiger partial charge < -0.3 is 27.4 Å². The second kappa shape index (κ2) is 40.9. The maximum Gasteiger partial charge on any atom is -0.0134 e. The standard InChI is InChI=1S/2C18H15P.C10H12N2O.C7H6N2.C5H5IN2.C5H8O.2ClH.Cu.HI.Pd/c2*1-4-10-16(11-5-1)19(17-12-6-2-7-13-17)18-14-8-3-9-15-18;1-10(2,13)6-5-8-3-4-9(11)12-7-8;1-2-6-3-4-7(8)9-5-6;6-4-1-2-5(7)8-3-4;1-4-5(2,3)6;;;;;/h2*1-15H;3-4,7,13H,1-2H3,(H2,11,12);1,3-5H,(H2,8,9);1-3H,(H2,7,8);1,6H,2-3H3;2*1H;;1H;/q;;;;;;;;+1;;+2/p-3. The number of terminal acetylenes is 2. The van der Waals surface area contributed by atoms with E-state index in [1.54, 1.807) is 97.0 Å². The molecular weight excluding hydrogens is 1430 g/mol. The van der Waals surface area contributed by atoms with Gasteiger partial charge in [0.15, 0.2) is 0 Å². The number of hydrogen-bond acceptors (Lipinski definition) is 8. The van der Waals surface area contributed by atoms with Crippen LogP contribution in [-0.2, 0) is 28.7 Å². The first-order valence-electron chi connectivity index (χ1n) is 23.5. The van der Waals surface area contributed by atoms with Gasteiger partial charge in [0.2, 0.25) is 0 Å². The molecule has 0 aliphatic heterocycles. The molecule has 0 fully saturated rings. The van der Waals surface area contributed by atoms with E-state index in [4.69, 9.17) is 54.2 Å². The van der Waals surface area contributed by atoms with E-state index in [1.807, 2.05) is 6.07 Å². The molecule has 0 bridgehead atoms. The molecular formula is C63H61Cl2CuI2N6O2P2Pd. The fraction of sp³-hybridized carbons (Fsp3) is 0.0952. The van der Waals surface area contributed by atoms with Gasteiger partial charge in [-0.15, -0.1) is 12.8 Å². The molecule has 3 aromatic heterocycles. The molecule has 0 aliphatic rings. The molecule has 0 amide bonds. The van der Waals surface area contributed by atoms with Gasteiger partial charge in [-0.1, -0.05) is 206 Å². The van der Waals surface area contributed by atoms with E-state index in [2.05, 4.69) is 256 Å². The van der Waals surface area contributed by atoms with Crippen molar-refractivity contribution in [2.75, 3.05) is 17.2 Å². The Kier molecular flexibility index (Phi) is 36.3. The summed E-state index contributed by atoms with van der Waals surface area (Å²) in [4.78, 5) is 11.5. The molecule has 0 radical (unpaired) electrons. The second-order valence-electron chi connectivity index (χ2n) is 16.7. The maximum atomic E-state index is 9.31. The zero-order valence-electron chi connectivity index (χ0n) is 43.7. The Balaban J connectivity index is 0.000000332. The Hall–Kier alpha value is -5.15. The predicted octanol–water partition coefficient (Wildman–Crippen LogP) is 12.2. The first-order valence-corrected chi connectivity index (χ1v) is 34.3. The minimum Gasteiger partial charge on any atom is -0.0622 e. The van der Waals surface area contributed by atoms with E-state index in [-0.39, 0.29) is 15.9 Å². The van der Waals surface area contributed by atoms with E-state index in [9.17, 15) is 5.11 Å². The van der Waals surface area contributed by atoms with Crippen LogP contribution in [0.15, 0.2) is 237 Å². The van der Waals surface area contributed by atoms with Crippen molar-refractivity contribution in [3.05, 3.63) is 252 Å². The number of rotatable bonds is 6. The molecule has 8 nitrogen and oxygen atoms in total. The second-order valence-corrected chi connectivity index (χ2v) is 24.8. The van der Waals surface area contributed by atoms with Crippen LogP contribution in [0.4, 0.5) is 17.5 Å². The van der Waals surface area contributed by atoms with Crippen molar-refractivity contribution in [3.63, 3.8) is 0 Å². The number of nitrogens with two attached hydrogens (primary N) is 3. The van der Waals surface area contributed by atoms with Crippen LogP contribution in [0, 0.1) is 40.1 Å². The number of benzene rings is 6. The number of anilines is 3. The van der Waals surface area contributed by atoms with Gasteiger partial charge in [0.05, 0.1) is 0 Å². The van der Waals surface area contributed by atoms with Crippen molar-refractivity contribution in [1.82, 2.24) is 15.0 Å². The summed E-state index contributed by atoms with van der Waals surface area (Å²) in [6.07, 6.45) is 14.7. The summed E-state index contributed by atoms with van der Waals surface area (Å²) in [5.41, 5.74) is 15.6. The topological polar surface area (TPSA) is 157 Å². The average molecular weight is 1490 g/mol. The summed E-state index contributed by atoms with van der Waals surface area (Å²) in [5.74, 6) is 11.6. The van der Waals surface area contributed by atoms with Crippen LogP contribution in [0.1, 0.15) is 38.8 Å². The van der Waals surface area contributed by atoms with Crippen molar-refractivity contribution in [3.8, 4) is 36.5 Å². The molecule has 79 heavy (non-hydrogen) atoms. The van der Waals surface area contributed by atoms with Crippen LogP contribution in [-0.4, -0.2) is 36.4 Å². The summed E-state index contributed by atoms with van der Waals surface area (Å²) in [6.45, 7) is 6.38. The van der Waals surface area contributed by atoms with Crippen LogP contribution in [0.5, 0.6) is 0 Å². The number of halogens is 4. The maximum absolute atomic E-state index is 9.31. The van der Waals surface area contributed by atoms with Crippen molar-refractivity contribution < 1.29 is 38.9 Å². The first kappa shape index (κ1) is 70.0. The first-order chi connectivity index (χ1) is 38.0. The van der Waals surface area contributed by atoms with E-state index in [0.717, 1.165) is 14.7 Å². The quantitative estimate of drug-likeness (QED) is 0.0477. The Morgan fingerprint density at radius 2 is 0.709 bits per heavy atom. The molecule has 16 heteroatoms.